The summed E-state index contributed by atoms with van der Waals surface area (Å²) in [5.41, 5.74) is 3.04. The maximum absolute atomic E-state index is 3.79. The van der Waals surface area contributed by atoms with E-state index in [2.05, 4.69) is 36.5 Å². The van der Waals surface area contributed by atoms with Gasteiger partial charge in [-0.1, -0.05) is 50.5 Å². The molecule has 2 aliphatic carbocycles. The lowest BCUT2D eigenvalue weighted by atomic mass is 9.84. The molecule has 1 aromatic rings. The summed E-state index contributed by atoms with van der Waals surface area (Å²) in [5.74, 6) is 1.84. The Balaban J connectivity index is 1.52. The van der Waals surface area contributed by atoms with E-state index in [4.69, 9.17) is 0 Å². The van der Waals surface area contributed by atoms with Crippen LogP contribution in [0.3, 0.4) is 0 Å². The van der Waals surface area contributed by atoms with Crippen LogP contribution in [0, 0.1) is 5.92 Å². The largest absolute Gasteiger partial charge is 0.310 e. The standard InChI is InChI=1S/C18H27N/c1-2-14-5-4-8-18(12-14)19-13-15-6-3-7-17(11-15)16-9-10-16/h3,6-7,11,14,16,18-19H,2,4-5,8-10,12-13H2,1H3. The summed E-state index contributed by atoms with van der Waals surface area (Å²) in [7, 11) is 0. The molecule has 0 bridgehead atoms. The van der Waals surface area contributed by atoms with Crippen molar-refractivity contribution in [1.29, 1.82) is 0 Å². The van der Waals surface area contributed by atoms with Crippen molar-refractivity contribution in [2.24, 2.45) is 5.92 Å². The van der Waals surface area contributed by atoms with E-state index in [0.29, 0.717) is 0 Å². The number of hydrogen-bond donors (Lipinski definition) is 1. The SMILES string of the molecule is CCC1CCCC(NCc2cccc(C3CC3)c2)C1. The van der Waals surface area contributed by atoms with Crippen LogP contribution < -0.4 is 5.32 Å². The van der Waals surface area contributed by atoms with Crippen molar-refractivity contribution in [3.8, 4) is 0 Å². The molecule has 2 fully saturated rings. The molecule has 1 aromatic carbocycles. The topological polar surface area (TPSA) is 12.0 Å². The van der Waals surface area contributed by atoms with Crippen molar-refractivity contribution < 1.29 is 0 Å². The molecule has 0 heterocycles. The molecule has 19 heavy (non-hydrogen) atoms. The summed E-state index contributed by atoms with van der Waals surface area (Å²) in [6.07, 6.45) is 9.78. The summed E-state index contributed by atoms with van der Waals surface area (Å²) in [5, 5.41) is 3.79. The van der Waals surface area contributed by atoms with E-state index < -0.39 is 0 Å². The fraction of sp³-hybridized carbons (Fsp3) is 0.667. The monoisotopic (exact) mass is 257 g/mol. The lowest BCUT2D eigenvalue weighted by Crippen LogP contribution is -2.33. The van der Waals surface area contributed by atoms with Crippen molar-refractivity contribution in [3.63, 3.8) is 0 Å². The maximum atomic E-state index is 3.79. The minimum atomic E-state index is 0.753. The highest BCUT2D eigenvalue weighted by molar-refractivity contribution is 5.29. The number of hydrogen-bond acceptors (Lipinski definition) is 1. The van der Waals surface area contributed by atoms with Gasteiger partial charge in [0.15, 0.2) is 0 Å². The normalized spacial score (nSPS) is 27.4. The lowest BCUT2D eigenvalue weighted by molar-refractivity contribution is 0.278. The molecule has 0 radical (unpaired) electrons. The van der Waals surface area contributed by atoms with Gasteiger partial charge in [0, 0.05) is 12.6 Å². The first kappa shape index (κ1) is 13.2. The zero-order chi connectivity index (χ0) is 13.1. The van der Waals surface area contributed by atoms with Crippen molar-refractivity contribution in [2.75, 3.05) is 0 Å². The maximum Gasteiger partial charge on any atom is 0.0208 e. The molecule has 2 unspecified atom stereocenters. The van der Waals surface area contributed by atoms with Crippen molar-refractivity contribution in [2.45, 2.75) is 70.4 Å². The van der Waals surface area contributed by atoms with Crippen LogP contribution in [0.1, 0.15) is 68.9 Å². The van der Waals surface area contributed by atoms with Crippen LogP contribution in [0.2, 0.25) is 0 Å². The second-order valence-corrected chi connectivity index (χ2v) is 6.54. The molecule has 0 spiro atoms. The molecular weight excluding hydrogens is 230 g/mol. The molecule has 1 N–H and O–H groups in total. The molecule has 2 saturated carbocycles. The quantitative estimate of drug-likeness (QED) is 0.811. The van der Waals surface area contributed by atoms with Gasteiger partial charge in [-0.05, 0) is 48.6 Å². The van der Waals surface area contributed by atoms with Gasteiger partial charge in [0.25, 0.3) is 0 Å². The first-order valence-electron chi connectivity index (χ1n) is 8.17. The van der Waals surface area contributed by atoms with Crippen LogP contribution in [0.15, 0.2) is 24.3 Å². The van der Waals surface area contributed by atoms with Gasteiger partial charge in [-0.15, -0.1) is 0 Å². The Labute approximate surface area is 117 Å². The summed E-state index contributed by atoms with van der Waals surface area (Å²) in [4.78, 5) is 0. The summed E-state index contributed by atoms with van der Waals surface area (Å²) in [6, 6.07) is 9.99. The molecule has 0 saturated heterocycles. The van der Waals surface area contributed by atoms with Gasteiger partial charge in [-0.2, -0.15) is 0 Å². The minimum Gasteiger partial charge on any atom is -0.310 e. The fourth-order valence-electron chi connectivity index (χ4n) is 3.48. The van der Waals surface area contributed by atoms with Crippen LogP contribution in [0.4, 0.5) is 0 Å². The molecule has 0 amide bonds. The van der Waals surface area contributed by atoms with E-state index in [0.717, 1.165) is 24.4 Å². The molecule has 3 rings (SSSR count). The van der Waals surface area contributed by atoms with Gasteiger partial charge in [-0.25, -0.2) is 0 Å². The average Bonchev–Trinajstić information content (AvgIpc) is 3.30. The van der Waals surface area contributed by atoms with Crippen molar-refractivity contribution >= 4 is 0 Å². The highest BCUT2D eigenvalue weighted by Crippen LogP contribution is 2.40. The lowest BCUT2D eigenvalue weighted by Gasteiger charge is -2.29. The smallest absolute Gasteiger partial charge is 0.0208 e. The predicted octanol–water partition coefficient (Wildman–Crippen LogP) is 4.62. The van der Waals surface area contributed by atoms with Crippen molar-refractivity contribution in [3.05, 3.63) is 35.4 Å². The first-order chi connectivity index (χ1) is 9.35. The summed E-state index contributed by atoms with van der Waals surface area (Å²) in [6.45, 7) is 3.40. The molecule has 0 aromatic heterocycles. The average molecular weight is 257 g/mol. The van der Waals surface area contributed by atoms with E-state index in [1.807, 2.05) is 0 Å². The van der Waals surface area contributed by atoms with Gasteiger partial charge in [-0.3, -0.25) is 0 Å². The second-order valence-electron chi connectivity index (χ2n) is 6.54. The first-order valence-corrected chi connectivity index (χ1v) is 8.17. The molecule has 0 aliphatic heterocycles. The third-order valence-corrected chi connectivity index (χ3v) is 4.95. The van der Waals surface area contributed by atoms with Crippen LogP contribution in [-0.2, 0) is 6.54 Å². The third-order valence-electron chi connectivity index (χ3n) is 4.95. The zero-order valence-electron chi connectivity index (χ0n) is 12.2. The van der Waals surface area contributed by atoms with Crippen molar-refractivity contribution in [1.82, 2.24) is 5.32 Å². The van der Waals surface area contributed by atoms with E-state index in [1.54, 1.807) is 5.56 Å². The Bertz CT molecular complexity index is 408. The highest BCUT2D eigenvalue weighted by Gasteiger charge is 2.23. The Kier molecular flexibility index (Phi) is 4.22. The minimum absolute atomic E-state index is 0.753. The Hall–Kier alpha value is -0.820. The molecule has 1 heteroatoms. The molecule has 2 aliphatic rings. The van der Waals surface area contributed by atoms with Gasteiger partial charge >= 0.3 is 0 Å². The van der Waals surface area contributed by atoms with Crippen LogP contribution in [-0.4, -0.2) is 6.04 Å². The molecule has 104 valence electrons. The fourth-order valence-corrected chi connectivity index (χ4v) is 3.48. The Morgan fingerprint density at radius 1 is 1.16 bits per heavy atom. The molecule has 2 atom stereocenters. The summed E-state index contributed by atoms with van der Waals surface area (Å²) < 4.78 is 0. The second kappa shape index (κ2) is 6.09. The van der Waals surface area contributed by atoms with Gasteiger partial charge in [0.1, 0.15) is 0 Å². The number of benzene rings is 1. The highest BCUT2D eigenvalue weighted by atomic mass is 14.9. The van der Waals surface area contributed by atoms with Gasteiger partial charge < -0.3 is 5.32 Å². The zero-order valence-corrected chi connectivity index (χ0v) is 12.2. The predicted molar refractivity (Wildman–Crippen MR) is 81.3 cm³/mol. The van der Waals surface area contributed by atoms with Gasteiger partial charge in [0.2, 0.25) is 0 Å². The summed E-state index contributed by atoms with van der Waals surface area (Å²) >= 11 is 0. The number of nitrogens with one attached hydrogen (secondary N) is 1. The van der Waals surface area contributed by atoms with E-state index in [-0.39, 0.29) is 0 Å². The Morgan fingerprint density at radius 2 is 2.05 bits per heavy atom. The van der Waals surface area contributed by atoms with E-state index in [9.17, 15) is 0 Å². The van der Waals surface area contributed by atoms with Gasteiger partial charge in [0.05, 0.1) is 0 Å². The number of rotatable bonds is 5. The van der Waals surface area contributed by atoms with Crippen LogP contribution >= 0.6 is 0 Å². The van der Waals surface area contributed by atoms with Crippen LogP contribution in [0.5, 0.6) is 0 Å². The van der Waals surface area contributed by atoms with E-state index in [1.165, 1.54) is 50.5 Å². The molecule has 1 nitrogen and oxygen atoms in total. The van der Waals surface area contributed by atoms with E-state index >= 15 is 0 Å². The molecular formula is C18H27N. The van der Waals surface area contributed by atoms with Crippen LogP contribution in [0.25, 0.3) is 0 Å². The Morgan fingerprint density at radius 3 is 2.84 bits per heavy atom. The third kappa shape index (κ3) is 3.60.